The van der Waals surface area contributed by atoms with Crippen molar-refractivity contribution >= 4 is 0 Å². The van der Waals surface area contributed by atoms with E-state index in [-0.39, 0.29) is 11.1 Å². The summed E-state index contributed by atoms with van der Waals surface area (Å²) in [6.45, 7) is 26.6. The van der Waals surface area contributed by atoms with Gasteiger partial charge in [-0.25, -0.2) is 0 Å². The predicted molar refractivity (Wildman–Crippen MR) is 117 cm³/mol. The van der Waals surface area contributed by atoms with Crippen LogP contribution in [-0.4, -0.2) is 99.5 Å². The molecule has 0 aliphatic carbocycles. The van der Waals surface area contributed by atoms with Crippen LogP contribution < -0.4 is 16.0 Å². The maximum atomic E-state index is 5.30. The second-order valence-electron chi connectivity index (χ2n) is 9.75. The Kier molecular flexibility index (Phi) is 12.0. The van der Waals surface area contributed by atoms with Gasteiger partial charge in [-0.05, 0) is 61.1 Å². The lowest BCUT2D eigenvalue weighted by atomic mass is 10.1. The summed E-state index contributed by atoms with van der Waals surface area (Å²) in [5.74, 6) is 0. The predicted octanol–water partition coefficient (Wildman–Crippen LogP) is 1.38. The lowest BCUT2D eigenvalue weighted by Crippen LogP contribution is -2.47. The molecule has 0 aromatic carbocycles. The van der Waals surface area contributed by atoms with Crippen LogP contribution in [0.3, 0.4) is 0 Å². The van der Waals surface area contributed by atoms with E-state index >= 15 is 0 Å². The van der Waals surface area contributed by atoms with Crippen LogP contribution >= 0.6 is 0 Å². The third-order valence-electron chi connectivity index (χ3n) is 4.70. The monoisotopic (exact) mass is 385 g/mol. The standard InChI is InChI=1S/C11H24N2O.C10H23N3/c1-11(2,3)12-5-4-6-13-7-9-14-10-8-13;1-10(2,3)12-6-9-13-7-4-11-5-8-13/h12H,4-10H2,1-3H3;11-12H,4-9H2,1-3H3. The maximum absolute atomic E-state index is 5.30. The average molecular weight is 386 g/mol. The molecule has 0 amide bonds. The van der Waals surface area contributed by atoms with E-state index in [0.29, 0.717) is 0 Å². The van der Waals surface area contributed by atoms with Crippen molar-refractivity contribution in [2.24, 2.45) is 0 Å². The van der Waals surface area contributed by atoms with Gasteiger partial charge in [0.25, 0.3) is 0 Å². The van der Waals surface area contributed by atoms with Crippen molar-refractivity contribution in [2.75, 3.05) is 78.7 Å². The number of ether oxygens (including phenoxy) is 1. The molecule has 0 spiro atoms. The zero-order valence-corrected chi connectivity index (χ0v) is 19.0. The summed E-state index contributed by atoms with van der Waals surface area (Å²) < 4.78 is 5.30. The van der Waals surface area contributed by atoms with Crippen LogP contribution in [0.1, 0.15) is 48.0 Å². The highest BCUT2D eigenvalue weighted by Crippen LogP contribution is 2.01. The van der Waals surface area contributed by atoms with Crippen molar-refractivity contribution in [3.8, 4) is 0 Å². The second kappa shape index (κ2) is 13.1. The first-order chi connectivity index (χ1) is 12.7. The number of hydrogen-bond donors (Lipinski definition) is 3. The Morgan fingerprint density at radius 3 is 1.81 bits per heavy atom. The van der Waals surface area contributed by atoms with Crippen molar-refractivity contribution in [3.05, 3.63) is 0 Å². The van der Waals surface area contributed by atoms with Gasteiger partial charge in [0.15, 0.2) is 0 Å². The Labute approximate surface area is 168 Å². The molecule has 27 heavy (non-hydrogen) atoms. The molecule has 3 N–H and O–H groups in total. The van der Waals surface area contributed by atoms with Crippen LogP contribution in [0.15, 0.2) is 0 Å². The zero-order valence-electron chi connectivity index (χ0n) is 19.0. The number of nitrogens with zero attached hydrogens (tertiary/aromatic N) is 2. The summed E-state index contributed by atoms with van der Waals surface area (Å²) in [6, 6.07) is 0. The second-order valence-corrected chi connectivity index (χ2v) is 9.75. The highest BCUT2D eigenvalue weighted by atomic mass is 16.5. The van der Waals surface area contributed by atoms with E-state index in [2.05, 4.69) is 67.3 Å². The zero-order chi connectivity index (χ0) is 20.2. The van der Waals surface area contributed by atoms with Gasteiger partial charge in [0.05, 0.1) is 13.2 Å². The van der Waals surface area contributed by atoms with E-state index in [0.717, 1.165) is 52.5 Å². The Balaban J connectivity index is 0.000000271. The molecule has 2 heterocycles. The van der Waals surface area contributed by atoms with E-state index in [1.54, 1.807) is 0 Å². The fourth-order valence-corrected chi connectivity index (χ4v) is 3.11. The molecular weight excluding hydrogens is 338 g/mol. The van der Waals surface area contributed by atoms with Crippen LogP contribution in [0.4, 0.5) is 0 Å². The van der Waals surface area contributed by atoms with Crippen LogP contribution in [0.25, 0.3) is 0 Å². The topological polar surface area (TPSA) is 51.8 Å². The number of hydrogen-bond acceptors (Lipinski definition) is 6. The minimum absolute atomic E-state index is 0.255. The van der Waals surface area contributed by atoms with Gasteiger partial charge >= 0.3 is 0 Å². The summed E-state index contributed by atoms with van der Waals surface area (Å²) in [6.07, 6.45) is 1.23. The minimum atomic E-state index is 0.255. The lowest BCUT2D eigenvalue weighted by molar-refractivity contribution is 0.0373. The molecule has 2 rings (SSSR count). The summed E-state index contributed by atoms with van der Waals surface area (Å²) in [7, 11) is 0. The van der Waals surface area contributed by atoms with Gasteiger partial charge in [-0.1, -0.05) is 0 Å². The summed E-state index contributed by atoms with van der Waals surface area (Å²) >= 11 is 0. The molecule has 0 atom stereocenters. The molecule has 0 unspecified atom stereocenters. The fraction of sp³-hybridized carbons (Fsp3) is 1.00. The third kappa shape index (κ3) is 15.4. The van der Waals surface area contributed by atoms with Crippen molar-refractivity contribution in [2.45, 2.75) is 59.0 Å². The van der Waals surface area contributed by atoms with E-state index in [1.165, 1.54) is 32.6 Å². The van der Waals surface area contributed by atoms with Crippen LogP contribution in [0.5, 0.6) is 0 Å². The minimum Gasteiger partial charge on any atom is -0.379 e. The van der Waals surface area contributed by atoms with Gasteiger partial charge in [-0.2, -0.15) is 0 Å². The Hall–Kier alpha value is -0.240. The SMILES string of the molecule is CC(C)(C)NCCCN1CCOCC1.CC(C)(C)NCCN1CCNCC1. The van der Waals surface area contributed by atoms with Crippen LogP contribution in [-0.2, 0) is 4.74 Å². The van der Waals surface area contributed by atoms with Crippen molar-refractivity contribution in [3.63, 3.8) is 0 Å². The highest BCUT2D eigenvalue weighted by Gasteiger charge is 2.12. The number of morpholine rings is 1. The molecule has 0 saturated carbocycles. The first-order valence-corrected chi connectivity index (χ1v) is 10.9. The molecule has 0 aromatic rings. The molecule has 0 aromatic heterocycles. The Bertz CT molecular complexity index is 353. The van der Waals surface area contributed by atoms with Crippen LogP contribution in [0.2, 0.25) is 0 Å². The van der Waals surface area contributed by atoms with E-state index in [4.69, 9.17) is 4.74 Å². The average Bonchev–Trinajstić information content (AvgIpc) is 2.59. The molecule has 0 bridgehead atoms. The normalized spacial score (nSPS) is 20.2. The molecule has 2 aliphatic rings. The molecule has 0 radical (unpaired) electrons. The molecule has 6 heteroatoms. The van der Waals surface area contributed by atoms with Gasteiger partial charge in [0.2, 0.25) is 0 Å². The fourth-order valence-electron chi connectivity index (χ4n) is 3.11. The third-order valence-corrected chi connectivity index (χ3v) is 4.70. The van der Waals surface area contributed by atoms with Crippen molar-refractivity contribution in [1.82, 2.24) is 25.8 Å². The summed E-state index contributed by atoms with van der Waals surface area (Å²) in [4.78, 5) is 4.99. The van der Waals surface area contributed by atoms with Gasteiger partial charge in [-0.3, -0.25) is 9.80 Å². The van der Waals surface area contributed by atoms with Gasteiger partial charge < -0.3 is 20.7 Å². The Morgan fingerprint density at radius 1 is 0.741 bits per heavy atom. The van der Waals surface area contributed by atoms with Gasteiger partial charge in [-0.15, -0.1) is 0 Å². The molecule has 2 fully saturated rings. The molecular formula is C21H47N5O. The number of nitrogens with one attached hydrogen (secondary N) is 3. The highest BCUT2D eigenvalue weighted by molar-refractivity contribution is 4.73. The lowest BCUT2D eigenvalue weighted by Gasteiger charge is -2.29. The molecule has 6 nitrogen and oxygen atoms in total. The van der Waals surface area contributed by atoms with Gasteiger partial charge in [0.1, 0.15) is 0 Å². The van der Waals surface area contributed by atoms with E-state index < -0.39 is 0 Å². The molecule has 162 valence electrons. The Morgan fingerprint density at radius 2 is 1.26 bits per heavy atom. The first-order valence-electron chi connectivity index (χ1n) is 10.9. The quantitative estimate of drug-likeness (QED) is 0.576. The maximum Gasteiger partial charge on any atom is 0.0594 e. The van der Waals surface area contributed by atoms with E-state index in [9.17, 15) is 0 Å². The number of rotatable bonds is 7. The van der Waals surface area contributed by atoms with Crippen LogP contribution in [0, 0.1) is 0 Å². The summed E-state index contributed by atoms with van der Waals surface area (Å²) in [5, 5.41) is 10.4. The largest absolute Gasteiger partial charge is 0.379 e. The molecule has 2 saturated heterocycles. The smallest absolute Gasteiger partial charge is 0.0594 e. The first kappa shape index (κ1) is 24.8. The van der Waals surface area contributed by atoms with E-state index in [1.807, 2.05) is 0 Å². The molecule has 2 aliphatic heterocycles. The number of piperazine rings is 1. The van der Waals surface area contributed by atoms with Crippen molar-refractivity contribution in [1.29, 1.82) is 0 Å². The van der Waals surface area contributed by atoms with Crippen molar-refractivity contribution < 1.29 is 4.74 Å². The summed E-state index contributed by atoms with van der Waals surface area (Å²) in [5.41, 5.74) is 0.513. The van der Waals surface area contributed by atoms with Gasteiger partial charge in [0, 0.05) is 63.4 Å².